The molecule has 4 aromatic rings. The topological polar surface area (TPSA) is 132 Å². The minimum Gasteiger partial charge on any atom is -0.434 e. The fraction of sp³-hybridized carbons (Fsp3) is 0.357. The summed E-state index contributed by atoms with van der Waals surface area (Å²) in [6, 6.07) is 11.7. The van der Waals surface area contributed by atoms with Gasteiger partial charge < -0.3 is 25.4 Å². The number of aliphatic hydroxyl groups is 1. The van der Waals surface area contributed by atoms with Crippen molar-refractivity contribution in [1.29, 1.82) is 0 Å². The van der Waals surface area contributed by atoms with Gasteiger partial charge >= 0.3 is 6.61 Å². The molecule has 216 valence electrons. The van der Waals surface area contributed by atoms with Crippen molar-refractivity contribution >= 4 is 22.8 Å². The number of rotatable bonds is 8. The van der Waals surface area contributed by atoms with Gasteiger partial charge in [-0.3, -0.25) is 19.0 Å². The molecule has 3 heterocycles. The van der Waals surface area contributed by atoms with Gasteiger partial charge in [-0.05, 0) is 30.7 Å². The minimum atomic E-state index is -2.96. The predicted octanol–water partition coefficient (Wildman–Crippen LogP) is 1.80. The number of amides is 1. The number of carbonyl (C=O) groups excluding carboxylic acids is 1. The van der Waals surface area contributed by atoms with Crippen molar-refractivity contribution < 1.29 is 23.4 Å². The fourth-order valence-electron chi connectivity index (χ4n) is 5.14. The summed E-state index contributed by atoms with van der Waals surface area (Å²) < 4.78 is 33.7. The van der Waals surface area contributed by atoms with Crippen molar-refractivity contribution in [2.45, 2.75) is 32.2 Å². The minimum absolute atomic E-state index is 0.0482. The Labute approximate surface area is 234 Å². The van der Waals surface area contributed by atoms with Gasteiger partial charge in [-0.2, -0.15) is 8.78 Å². The summed E-state index contributed by atoms with van der Waals surface area (Å²) in [5.74, 6) is 0.183. The molecule has 11 nitrogen and oxygen atoms in total. The van der Waals surface area contributed by atoms with Gasteiger partial charge in [0.05, 0.1) is 17.4 Å². The lowest BCUT2D eigenvalue weighted by Crippen LogP contribution is -2.57. The molecule has 1 saturated heterocycles. The number of alkyl halides is 2. The summed E-state index contributed by atoms with van der Waals surface area (Å²) in [6.45, 7) is 0.375. The molecule has 1 aliphatic rings. The molecule has 3 N–H and O–H groups in total. The molecule has 5 rings (SSSR count). The van der Waals surface area contributed by atoms with Crippen LogP contribution in [0.1, 0.15) is 12.5 Å². The van der Waals surface area contributed by atoms with Crippen molar-refractivity contribution in [3.05, 3.63) is 70.8 Å². The molecular formula is C28H31F2N7O4. The van der Waals surface area contributed by atoms with Gasteiger partial charge in [-0.1, -0.05) is 24.3 Å². The number of hydrogen-bond donors (Lipinski definition) is 2. The summed E-state index contributed by atoms with van der Waals surface area (Å²) in [6.07, 6.45) is 2.18. The van der Waals surface area contributed by atoms with Crippen LogP contribution >= 0.6 is 0 Å². The average molecular weight is 568 g/mol. The number of hydrogen-bond acceptors (Lipinski definition) is 8. The van der Waals surface area contributed by atoms with Crippen molar-refractivity contribution in [2.75, 3.05) is 31.1 Å². The normalized spacial score (nSPS) is 16.4. The highest BCUT2D eigenvalue weighted by molar-refractivity contribution is 5.84. The third kappa shape index (κ3) is 5.63. The van der Waals surface area contributed by atoms with Crippen LogP contribution in [0, 0.1) is 0 Å². The van der Waals surface area contributed by atoms with E-state index in [0.29, 0.717) is 42.0 Å². The van der Waals surface area contributed by atoms with Crippen molar-refractivity contribution in [1.82, 2.24) is 24.2 Å². The van der Waals surface area contributed by atoms with Gasteiger partial charge in [0, 0.05) is 62.8 Å². The van der Waals surface area contributed by atoms with Gasteiger partial charge in [0.15, 0.2) is 0 Å². The monoisotopic (exact) mass is 567 g/mol. The molecule has 0 saturated carbocycles. The molecule has 2 atom stereocenters. The van der Waals surface area contributed by atoms with Crippen LogP contribution in [-0.4, -0.2) is 80.2 Å². The SMILES string of the molecule is CC1CN(c2ncc(-c3ccc4c(=O)n(C)n(Cc5ccccc5OC(F)F)c4c3)cn2)CCN1C(=O)C(O)CN. The van der Waals surface area contributed by atoms with Crippen LogP contribution in [0.15, 0.2) is 59.7 Å². The van der Waals surface area contributed by atoms with E-state index in [1.54, 1.807) is 53.3 Å². The summed E-state index contributed by atoms with van der Waals surface area (Å²) in [4.78, 5) is 38.0. The molecule has 0 radical (unpaired) electrons. The standard InChI is InChI=1S/C28H31F2N7O4/c1-17-15-35(9-10-36(17)26(40)23(38)12-31)28-32-13-20(14-33-28)18-7-8-21-22(11-18)37(34(2)25(21)39)16-19-5-3-4-6-24(19)41-27(29)30/h3-8,11,13-14,17,23,27,38H,9-10,12,15-16,31H2,1-2H3. The summed E-state index contributed by atoms with van der Waals surface area (Å²) in [7, 11) is 1.63. The molecule has 0 spiro atoms. The summed E-state index contributed by atoms with van der Waals surface area (Å²) >= 11 is 0. The van der Waals surface area contributed by atoms with E-state index >= 15 is 0 Å². The van der Waals surface area contributed by atoms with Gasteiger partial charge in [-0.15, -0.1) is 0 Å². The first-order valence-electron chi connectivity index (χ1n) is 13.2. The number of ether oxygens (including phenoxy) is 1. The molecule has 2 aromatic heterocycles. The smallest absolute Gasteiger partial charge is 0.387 e. The zero-order valence-corrected chi connectivity index (χ0v) is 22.7. The number of anilines is 1. The Balaban J connectivity index is 1.39. The van der Waals surface area contributed by atoms with Crippen LogP contribution < -0.4 is 20.9 Å². The van der Waals surface area contributed by atoms with Gasteiger partial charge in [0.1, 0.15) is 11.9 Å². The molecule has 1 aliphatic heterocycles. The van der Waals surface area contributed by atoms with Crippen LogP contribution in [0.4, 0.5) is 14.7 Å². The highest BCUT2D eigenvalue weighted by Crippen LogP contribution is 2.27. The van der Waals surface area contributed by atoms with Crippen LogP contribution in [0.25, 0.3) is 22.0 Å². The van der Waals surface area contributed by atoms with E-state index in [4.69, 9.17) is 5.73 Å². The van der Waals surface area contributed by atoms with Gasteiger partial charge in [-0.25, -0.2) is 9.97 Å². The molecule has 2 aromatic carbocycles. The van der Waals surface area contributed by atoms with E-state index in [9.17, 15) is 23.5 Å². The number of nitrogens with two attached hydrogens (primary N) is 1. The van der Waals surface area contributed by atoms with E-state index in [0.717, 1.165) is 11.1 Å². The molecule has 1 amide bonds. The van der Waals surface area contributed by atoms with Crippen LogP contribution in [0.3, 0.4) is 0 Å². The third-order valence-electron chi connectivity index (χ3n) is 7.34. The average Bonchev–Trinajstić information content (AvgIpc) is 3.21. The van der Waals surface area contributed by atoms with Gasteiger partial charge in [0.25, 0.3) is 11.5 Å². The molecule has 0 bridgehead atoms. The zero-order chi connectivity index (χ0) is 29.3. The van der Waals surface area contributed by atoms with Crippen molar-refractivity contribution in [3.63, 3.8) is 0 Å². The fourth-order valence-corrected chi connectivity index (χ4v) is 5.14. The molecular weight excluding hydrogens is 536 g/mol. The lowest BCUT2D eigenvalue weighted by molar-refractivity contribution is -0.142. The Hall–Kier alpha value is -4.36. The van der Waals surface area contributed by atoms with E-state index in [-0.39, 0.29) is 36.3 Å². The second-order valence-corrected chi connectivity index (χ2v) is 9.95. The van der Waals surface area contributed by atoms with Crippen molar-refractivity contribution in [3.8, 4) is 16.9 Å². The second-order valence-electron chi connectivity index (χ2n) is 9.95. The number of aliphatic hydroxyl groups excluding tert-OH is 1. The molecule has 2 unspecified atom stereocenters. The number of piperazine rings is 1. The number of benzene rings is 2. The zero-order valence-electron chi connectivity index (χ0n) is 22.7. The largest absolute Gasteiger partial charge is 0.434 e. The van der Waals surface area contributed by atoms with Crippen LogP contribution in [0.2, 0.25) is 0 Å². The Morgan fingerprint density at radius 3 is 2.56 bits per heavy atom. The number of halogens is 2. The number of aromatic nitrogens is 4. The lowest BCUT2D eigenvalue weighted by atomic mass is 10.1. The van der Waals surface area contributed by atoms with E-state index in [1.807, 2.05) is 24.0 Å². The Morgan fingerprint density at radius 2 is 1.88 bits per heavy atom. The Morgan fingerprint density at radius 1 is 1.15 bits per heavy atom. The maximum atomic E-state index is 12.9. The maximum Gasteiger partial charge on any atom is 0.387 e. The van der Waals surface area contributed by atoms with Crippen LogP contribution in [0.5, 0.6) is 5.75 Å². The Bertz CT molecular complexity index is 1610. The predicted molar refractivity (Wildman–Crippen MR) is 149 cm³/mol. The summed E-state index contributed by atoms with van der Waals surface area (Å²) in [5, 5.41) is 10.3. The van der Waals surface area contributed by atoms with Gasteiger partial charge in [0.2, 0.25) is 5.95 Å². The first-order chi connectivity index (χ1) is 19.7. The number of fused-ring (bicyclic) bond motifs is 1. The lowest BCUT2D eigenvalue weighted by Gasteiger charge is -2.40. The molecule has 13 heteroatoms. The van der Waals surface area contributed by atoms with E-state index in [2.05, 4.69) is 14.7 Å². The maximum absolute atomic E-state index is 12.9. The van der Waals surface area contributed by atoms with Crippen molar-refractivity contribution in [2.24, 2.45) is 12.8 Å². The third-order valence-corrected chi connectivity index (χ3v) is 7.34. The summed E-state index contributed by atoms with van der Waals surface area (Å²) in [5.41, 5.74) is 7.86. The number of nitrogens with zero attached hydrogens (tertiary/aromatic N) is 6. The Kier molecular flexibility index (Phi) is 7.99. The first-order valence-corrected chi connectivity index (χ1v) is 13.2. The highest BCUT2D eigenvalue weighted by atomic mass is 19.3. The number of para-hydroxylation sites is 1. The highest BCUT2D eigenvalue weighted by Gasteiger charge is 2.31. The van der Waals surface area contributed by atoms with Crippen LogP contribution in [-0.2, 0) is 18.4 Å². The number of carbonyl (C=O) groups is 1. The van der Waals surface area contributed by atoms with E-state index in [1.165, 1.54) is 10.7 Å². The van der Waals surface area contributed by atoms with E-state index < -0.39 is 12.7 Å². The molecule has 41 heavy (non-hydrogen) atoms. The quantitative estimate of drug-likeness (QED) is 0.330. The molecule has 0 aliphatic carbocycles. The first kappa shape index (κ1) is 28.2. The molecule has 1 fully saturated rings. The second kappa shape index (κ2) is 11.6.